The average Bonchev–Trinajstić information content (AvgIpc) is 3.26. The third-order valence-electron chi connectivity index (χ3n) is 6.28. The normalized spacial score (nSPS) is 12.4. The molecule has 1 aromatic heterocycles. The summed E-state index contributed by atoms with van der Waals surface area (Å²) >= 11 is 6.18. The van der Waals surface area contributed by atoms with Gasteiger partial charge in [0.1, 0.15) is 23.9 Å². The molecule has 0 N–H and O–H groups in total. The Kier molecular flexibility index (Phi) is 6.16. The summed E-state index contributed by atoms with van der Waals surface area (Å²) < 4.78 is 8.02. The minimum atomic E-state index is 0.516. The molecule has 0 spiro atoms. The van der Waals surface area contributed by atoms with Crippen LogP contribution in [0.1, 0.15) is 28.1 Å². The molecule has 0 aliphatic carbocycles. The quantitative estimate of drug-likeness (QED) is 0.261. The first-order valence-corrected chi connectivity index (χ1v) is 12.4. The Hall–Kier alpha value is -4.42. The van der Waals surface area contributed by atoms with Crippen LogP contribution in [0.2, 0.25) is 5.02 Å². The lowest BCUT2D eigenvalue weighted by Crippen LogP contribution is -2.20. The highest BCUT2D eigenvalue weighted by Gasteiger charge is 2.26. The van der Waals surface area contributed by atoms with Gasteiger partial charge in [0.05, 0.1) is 12.2 Å². The van der Waals surface area contributed by atoms with Crippen LogP contribution in [0.3, 0.4) is 0 Å². The van der Waals surface area contributed by atoms with Crippen molar-refractivity contribution in [1.29, 1.82) is 0 Å². The highest BCUT2D eigenvalue weighted by Crippen LogP contribution is 2.31. The van der Waals surface area contributed by atoms with Gasteiger partial charge in [-0.3, -0.25) is 4.57 Å². The molecule has 0 saturated carbocycles. The number of rotatable bonds is 6. The second-order valence-electron chi connectivity index (χ2n) is 8.83. The third-order valence-corrected chi connectivity index (χ3v) is 6.53. The Balaban J connectivity index is 1.34. The lowest BCUT2D eigenvalue weighted by Gasteiger charge is -2.18. The molecule has 0 atom stereocenters. The fraction of sp³-hybridized carbons (Fsp3) is 0.100. The minimum Gasteiger partial charge on any atom is -0.489 e. The number of halogens is 1. The van der Waals surface area contributed by atoms with E-state index >= 15 is 0 Å². The molecule has 7 heteroatoms. The summed E-state index contributed by atoms with van der Waals surface area (Å²) in [4.78, 5) is 0. The summed E-state index contributed by atoms with van der Waals surface area (Å²) in [5.74, 6) is 2.28. The van der Waals surface area contributed by atoms with Crippen LogP contribution >= 0.6 is 11.6 Å². The van der Waals surface area contributed by atoms with Crippen LogP contribution < -0.4 is 9.75 Å². The molecule has 1 aliphatic rings. The van der Waals surface area contributed by atoms with E-state index in [0.29, 0.717) is 24.1 Å². The molecular formula is C30H24ClN5O. The van der Waals surface area contributed by atoms with E-state index < -0.39 is 0 Å². The van der Waals surface area contributed by atoms with Gasteiger partial charge >= 0.3 is 0 Å². The maximum atomic E-state index is 6.18. The van der Waals surface area contributed by atoms with E-state index in [4.69, 9.17) is 21.4 Å². The number of nitrogens with zero attached hydrogens (tertiary/aromatic N) is 5. The number of para-hydroxylation sites is 1. The van der Waals surface area contributed by atoms with Gasteiger partial charge in [-0.25, -0.2) is 5.01 Å². The van der Waals surface area contributed by atoms with Crippen molar-refractivity contribution in [3.05, 3.63) is 136 Å². The zero-order chi connectivity index (χ0) is 25.2. The van der Waals surface area contributed by atoms with Crippen molar-refractivity contribution < 1.29 is 4.74 Å². The summed E-state index contributed by atoms with van der Waals surface area (Å²) in [6, 6.07) is 34.2. The first-order valence-electron chi connectivity index (χ1n) is 12.1. The molecule has 4 aromatic carbocycles. The standard InChI is InChI=1S/C30H24ClN5O/c1-21-32-33-30-35(19-22-11-17-26(18-12-22)37-20-23-7-3-2-4-8-23)34-29(24-13-15-25(31)16-14-24)27-9-5-6-10-28(27)36(21)30/h2-18H,19-20H2,1H3. The average molecular weight is 506 g/mol. The Morgan fingerprint density at radius 3 is 2.27 bits per heavy atom. The van der Waals surface area contributed by atoms with Crippen molar-refractivity contribution in [2.75, 3.05) is 5.01 Å². The van der Waals surface area contributed by atoms with Crippen LogP contribution in [-0.2, 0) is 13.2 Å². The molecular weight excluding hydrogens is 482 g/mol. The molecule has 6 nitrogen and oxygen atoms in total. The molecule has 0 fully saturated rings. The molecule has 182 valence electrons. The van der Waals surface area contributed by atoms with E-state index in [1.54, 1.807) is 0 Å². The lowest BCUT2D eigenvalue weighted by molar-refractivity contribution is 0.306. The Morgan fingerprint density at radius 2 is 1.49 bits per heavy atom. The molecule has 0 radical (unpaired) electrons. The zero-order valence-corrected chi connectivity index (χ0v) is 21.0. The number of aryl methyl sites for hydroxylation is 1. The summed E-state index contributed by atoms with van der Waals surface area (Å²) in [5, 5.41) is 16.6. The lowest BCUT2D eigenvalue weighted by atomic mass is 10.0. The molecule has 0 amide bonds. The fourth-order valence-electron chi connectivity index (χ4n) is 4.42. The predicted molar refractivity (Wildman–Crippen MR) is 147 cm³/mol. The van der Waals surface area contributed by atoms with Crippen LogP contribution in [0.25, 0.3) is 5.69 Å². The molecule has 0 unspecified atom stereocenters. The topological polar surface area (TPSA) is 55.5 Å². The van der Waals surface area contributed by atoms with Gasteiger partial charge < -0.3 is 4.74 Å². The molecule has 2 heterocycles. The number of fused-ring (bicyclic) bond motifs is 3. The smallest absolute Gasteiger partial charge is 0.252 e. The highest BCUT2D eigenvalue weighted by molar-refractivity contribution is 6.30. The van der Waals surface area contributed by atoms with Gasteiger partial charge in [-0.15, -0.1) is 10.2 Å². The monoisotopic (exact) mass is 505 g/mol. The minimum absolute atomic E-state index is 0.516. The second-order valence-corrected chi connectivity index (χ2v) is 9.27. The van der Waals surface area contributed by atoms with Crippen molar-refractivity contribution in [2.45, 2.75) is 20.1 Å². The highest BCUT2D eigenvalue weighted by atomic mass is 35.5. The van der Waals surface area contributed by atoms with Crippen molar-refractivity contribution in [2.24, 2.45) is 5.10 Å². The van der Waals surface area contributed by atoms with Gasteiger partial charge in [0, 0.05) is 16.1 Å². The number of hydrogen-bond acceptors (Lipinski definition) is 5. The second kappa shape index (κ2) is 9.91. The van der Waals surface area contributed by atoms with Crippen LogP contribution in [-0.4, -0.2) is 20.5 Å². The summed E-state index contributed by atoms with van der Waals surface area (Å²) in [5.41, 5.74) is 6.02. The van der Waals surface area contributed by atoms with Gasteiger partial charge in [-0.2, -0.15) is 5.10 Å². The molecule has 37 heavy (non-hydrogen) atoms. The van der Waals surface area contributed by atoms with Crippen molar-refractivity contribution in [1.82, 2.24) is 14.8 Å². The molecule has 0 saturated heterocycles. The summed E-state index contributed by atoms with van der Waals surface area (Å²) in [6.45, 7) is 3.00. The number of anilines is 1. The van der Waals surface area contributed by atoms with E-state index in [-0.39, 0.29) is 0 Å². The molecule has 1 aliphatic heterocycles. The Morgan fingerprint density at radius 1 is 0.757 bits per heavy atom. The van der Waals surface area contributed by atoms with Gasteiger partial charge in [-0.1, -0.05) is 84.4 Å². The zero-order valence-electron chi connectivity index (χ0n) is 20.3. The number of ether oxygens (including phenoxy) is 1. The summed E-state index contributed by atoms with van der Waals surface area (Å²) in [7, 11) is 0. The predicted octanol–water partition coefficient (Wildman–Crippen LogP) is 6.58. The molecule has 6 rings (SSSR count). The van der Waals surface area contributed by atoms with Gasteiger partial charge in [0.2, 0.25) is 0 Å². The van der Waals surface area contributed by atoms with Crippen LogP contribution in [0.5, 0.6) is 5.75 Å². The van der Waals surface area contributed by atoms with E-state index in [0.717, 1.165) is 45.2 Å². The van der Waals surface area contributed by atoms with Crippen LogP contribution in [0, 0.1) is 6.92 Å². The number of hydrazone groups is 1. The first kappa shape index (κ1) is 23.0. The number of aromatic nitrogens is 3. The van der Waals surface area contributed by atoms with Crippen LogP contribution in [0.15, 0.2) is 108 Å². The largest absolute Gasteiger partial charge is 0.489 e. The number of hydrogen-bond donors (Lipinski definition) is 0. The van der Waals surface area contributed by atoms with E-state index in [1.807, 2.05) is 78.7 Å². The SMILES string of the molecule is Cc1nnc2n1-c1ccccc1C(c1ccc(Cl)cc1)=NN2Cc1ccc(OCc2ccccc2)cc1. The van der Waals surface area contributed by atoms with E-state index in [9.17, 15) is 0 Å². The van der Waals surface area contributed by atoms with Crippen molar-refractivity contribution in [3.63, 3.8) is 0 Å². The Labute approximate surface area is 220 Å². The maximum absolute atomic E-state index is 6.18. The first-order chi connectivity index (χ1) is 18.2. The van der Waals surface area contributed by atoms with Crippen molar-refractivity contribution in [3.8, 4) is 11.4 Å². The van der Waals surface area contributed by atoms with Gasteiger partial charge in [0.15, 0.2) is 0 Å². The third kappa shape index (κ3) is 4.71. The van der Waals surface area contributed by atoms with Crippen LogP contribution in [0.4, 0.5) is 5.95 Å². The molecule has 5 aromatic rings. The maximum Gasteiger partial charge on any atom is 0.252 e. The molecule has 0 bridgehead atoms. The van der Waals surface area contributed by atoms with Crippen molar-refractivity contribution >= 4 is 23.3 Å². The number of benzene rings is 4. The van der Waals surface area contributed by atoms with E-state index in [2.05, 4.69) is 51.2 Å². The van der Waals surface area contributed by atoms with E-state index in [1.165, 1.54) is 0 Å². The Bertz CT molecular complexity index is 1560. The van der Waals surface area contributed by atoms with Gasteiger partial charge in [-0.05, 0) is 48.4 Å². The summed E-state index contributed by atoms with van der Waals surface area (Å²) in [6.07, 6.45) is 0. The van der Waals surface area contributed by atoms with Gasteiger partial charge in [0.25, 0.3) is 5.95 Å². The fourth-order valence-corrected chi connectivity index (χ4v) is 4.55.